The molecule has 0 aromatic heterocycles. The van der Waals surface area contributed by atoms with Gasteiger partial charge in [-0.1, -0.05) is 508 Å². The third kappa shape index (κ3) is 85.9. The Labute approximate surface area is 626 Å². The van der Waals surface area contributed by atoms with E-state index in [9.17, 15) is 19.0 Å². The van der Waals surface area contributed by atoms with E-state index in [-0.39, 0.29) is 32.1 Å². The van der Waals surface area contributed by atoms with E-state index in [1.807, 2.05) is 0 Å². The van der Waals surface area contributed by atoms with Crippen LogP contribution in [0.5, 0.6) is 0 Å². The second-order valence-corrected chi connectivity index (χ2v) is 33.4. The number of ether oxygens (including phenoxy) is 2. The molecule has 100 heavy (non-hydrogen) atoms. The SMILES string of the molecule is CCCCCCCCCCCCCCCCCCCCCCCCCCCCCCCCCCCCCCCCCCC(=O)OC(COC(=O)CCCCCCCCCCCCCCCCCCCCCCCCCCCCCCCCCCCCCCCCC)COP(=O)(O)OCCN. The average Bonchev–Trinajstić information content (AvgIpc) is 0.973. The van der Waals surface area contributed by atoms with Gasteiger partial charge in [0, 0.05) is 19.4 Å². The fourth-order valence-corrected chi connectivity index (χ4v) is 15.7. The minimum Gasteiger partial charge on any atom is -0.462 e. The summed E-state index contributed by atoms with van der Waals surface area (Å²) in [4.78, 5) is 35.5. The molecular formula is C90H180NO8P. The van der Waals surface area contributed by atoms with Crippen LogP contribution in [0.2, 0.25) is 0 Å². The number of phosphoric ester groups is 1. The molecule has 0 aromatic carbocycles. The lowest BCUT2D eigenvalue weighted by atomic mass is 10.0. The predicted octanol–water partition coefficient (Wildman–Crippen LogP) is 31.2. The maximum Gasteiger partial charge on any atom is 0.472 e. The van der Waals surface area contributed by atoms with Crippen molar-refractivity contribution in [2.75, 3.05) is 26.4 Å². The monoisotopic (exact) mass is 1430 g/mol. The maximum atomic E-state index is 12.8. The molecule has 0 aromatic rings. The van der Waals surface area contributed by atoms with Gasteiger partial charge in [-0.15, -0.1) is 0 Å². The van der Waals surface area contributed by atoms with Crippen LogP contribution in [0.15, 0.2) is 0 Å². The van der Waals surface area contributed by atoms with Gasteiger partial charge in [0.1, 0.15) is 6.61 Å². The summed E-state index contributed by atoms with van der Waals surface area (Å²) in [7, 11) is -4.39. The van der Waals surface area contributed by atoms with Crippen LogP contribution in [0.25, 0.3) is 0 Å². The van der Waals surface area contributed by atoms with Gasteiger partial charge in [0.25, 0.3) is 0 Å². The zero-order valence-corrected chi connectivity index (χ0v) is 68.9. The summed E-state index contributed by atoms with van der Waals surface area (Å²) in [6.07, 6.45) is 109. The first kappa shape index (κ1) is 99.0. The Morgan fingerprint density at radius 3 is 0.610 bits per heavy atom. The fourth-order valence-electron chi connectivity index (χ4n) is 14.9. The topological polar surface area (TPSA) is 134 Å². The number of carbonyl (C=O) groups excluding carboxylic acids is 2. The van der Waals surface area contributed by atoms with Gasteiger partial charge < -0.3 is 20.1 Å². The van der Waals surface area contributed by atoms with Crippen molar-refractivity contribution < 1.29 is 37.6 Å². The summed E-state index contributed by atoms with van der Waals surface area (Å²) < 4.78 is 33.4. The number of nitrogens with two attached hydrogens (primary N) is 1. The van der Waals surface area contributed by atoms with Crippen LogP contribution in [0.4, 0.5) is 0 Å². The first-order valence-corrected chi connectivity index (χ1v) is 47.5. The van der Waals surface area contributed by atoms with E-state index in [1.54, 1.807) is 0 Å². The third-order valence-electron chi connectivity index (χ3n) is 21.7. The molecule has 10 heteroatoms. The molecule has 0 aliphatic heterocycles. The lowest BCUT2D eigenvalue weighted by Crippen LogP contribution is -2.29. The molecule has 598 valence electrons. The molecule has 0 radical (unpaired) electrons. The number of phosphoric acid groups is 1. The lowest BCUT2D eigenvalue weighted by molar-refractivity contribution is -0.161. The van der Waals surface area contributed by atoms with Crippen LogP contribution in [0.3, 0.4) is 0 Å². The van der Waals surface area contributed by atoms with Gasteiger partial charge in [0.05, 0.1) is 13.2 Å². The van der Waals surface area contributed by atoms with Crippen molar-refractivity contribution in [3.05, 3.63) is 0 Å². The normalized spacial score (nSPS) is 12.6. The van der Waals surface area contributed by atoms with Gasteiger partial charge in [-0.25, -0.2) is 4.57 Å². The van der Waals surface area contributed by atoms with Crippen molar-refractivity contribution in [3.8, 4) is 0 Å². The second-order valence-electron chi connectivity index (χ2n) is 31.9. The highest BCUT2D eigenvalue weighted by Crippen LogP contribution is 2.43. The fraction of sp³-hybridized carbons (Fsp3) is 0.978. The van der Waals surface area contributed by atoms with Gasteiger partial charge in [0.15, 0.2) is 6.10 Å². The first-order chi connectivity index (χ1) is 49.3. The standard InChI is InChI=1S/C90H180NO8P/c1-3-5-7-9-11-13-15-17-19-21-23-25-27-29-31-33-35-37-39-41-43-45-47-49-51-53-55-57-59-61-63-65-67-69-71-73-75-77-79-81-83-90(93)99-88(87-98-100(94,95)97-85-84-91)86-96-89(92)82-80-78-76-74-72-70-68-66-64-62-60-58-56-54-52-50-48-46-44-42-40-38-36-34-32-30-28-26-24-22-20-18-16-14-12-10-8-6-4-2/h88H,3-87,91H2,1-2H3,(H,94,95). The van der Waals surface area contributed by atoms with Crippen molar-refractivity contribution in [3.63, 3.8) is 0 Å². The molecule has 0 aliphatic rings. The summed E-state index contributed by atoms with van der Waals surface area (Å²) >= 11 is 0. The summed E-state index contributed by atoms with van der Waals surface area (Å²) in [6, 6.07) is 0. The van der Waals surface area contributed by atoms with E-state index in [0.717, 1.165) is 32.1 Å². The number of unbranched alkanes of at least 4 members (excludes halogenated alkanes) is 77. The number of hydrogen-bond acceptors (Lipinski definition) is 8. The van der Waals surface area contributed by atoms with Crippen molar-refractivity contribution >= 4 is 19.8 Å². The quantitative estimate of drug-likeness (QED) is 0.0347. The van der Waals surface area contributed by atoms with E-state index >= 15 is 0 Å². The largest absolute Gasteiger partial charge is 0.472 e. The summed E-state index contributed by atoms with van der Waals surface area (Å²) in [6.45, 7) is 3.87. The third-order valence-corrected chi connectivity index (χ3v) is 22.7. The molecule has 0 aliphatic carbocycles. The lowest BCUT2D eigenvalue weighted by Gasteiger charge is -2.19. The van der Waals surface area contributed by atoms with E-state index in [1.165, 1.54) is 469 Å². The molecule has 0 rings (SSSR count). The van der Waals surface area contributed by atoms with Gasteiger partial charge >= 0.3 is 19.8 Å². The molecule has 2 unspecified atom stereocenters. The summed E-state index contributed by atoms with van der Waals surface area (Å²) in [5, 5.41) is 0. The average molecular weight is 1440 g/mol. The summed E-state index contributed by atoms with van der Waals surface area (Å²) in [5.41, 5.74) is 5.43. The Morgan fingerprint density at radius 2 is 0.430 bits per heavy atom. The van der Waals surface area contributed by atoms with Gasteiger partial charge in [-0.2, -0.15) is 0 Å². The molecule has 2 atom stereocenters. The Bertz CT molecular complexity index is 1600. The molecule has 0 spiro atoms. The molecule has 0 heterocycles. The Balaban J connectivity index is 3.66. The molecule has 0 fully saturated rings. The number of esters is 2. The molecule has 3 N–H and O–H groups in total. The van der Waals surface area contributed by atoms with Crippen molar-refractivity contribution in [2.24, 2.45) is 5.73 Å². The highest BCUT2D eigenvalue weighted by molar-refractivity contribution is 7.47. The second kappa shape index (κ2) is 86.9. The van der Waals surface area contributed by atoms with E-state index in [2.05, 4.69) is 13.8 Å². The van der Waals surface area contributed by atoms with Crippen LogP contribution < -0.4 is 5.73 Å². The number of hydrogen-bond donors (Lipinski definition) is 2. The zero-order chi connectivity index (χ0) is 72.2. The van der Waals surface area contributed by atoms with E-state index in [4.69, 9.17) is 24.3 Å². The number of carbonyl (C=O) groups is 2. The maximum absolute atomic E-state index is 12.8. The van der Waals surface area contributed by atoms with Crippen LogP contribution >= 0.6 is 7.82 Å². The van der Waals surface area contributed by atoms with Crippen molar-refractivity contribution in [1.29, 1.82) is 0 Å². The Morgan fingerprint density at radius 1 is 0.260 bits per heavy atom. The number of rotatable bonds is 90. The molecule has 0 saturated heterocycles. The van der Waals surface area contributed by atoms with Crippen LogP contribution in [0.1, 0.15) is 534 Å². The zero-order valence-electron chi connectivity index (χ0n) is 68.0. The molecular weight excluding hydrogens is 1250 g/mol. The molecule has 0 amide bonds. The van der Waals surface area contributed by atoms with Crippen LogP contribution in [-0.2, 0) is 32.7 Å². The highest BCUT2D eigenvalue weighted by atomic mass is 31.2. The molecule has 0 saturated carbocycles. The van der Waals surface area contributed by atoms with Crippen molar-refractivity contribution in [2.45, 2.75) is 540 Å². The van der Waals surface area contributed by atoms with Crippen LogP contribution in [-0.4, -0.2) is 49.3 Å². The first-order valence-electron chi connectivity index (χ1n) is 46.0. The Hall–Kier alpha value is -0.990. The molecule has 9 nitrogen and oxygen atoms in total. The van der Waals surface area contributed by atoms with E-state index < -0.39 is 26.5 Å². The Kier molecular flexibility index (Phi) is 86.1. The minimum atomic E-state index is -4.39. The van der Waals surface area contributed by atoms with Crippen molar-refractivity contribution in [1.82, 2.24) is 0 Å². The van der Waals surface area contributed by atoms with E-state index in [0.29, 0.717) is 12.8 Å². The van der Waals surface area contributed by atoms with Gasteiger partial charge in [0.2, 0.25) is 0 Å². The van der Waals surface area contributed by atoms with Gasteiger partial charge in [-0.05, 0) is 12.8 Å². The van der Waals surface area contributed by atoms with Crippen LogP contribution in [0, 0.1) is 0 Å². The molecule has 0 bridgehead atoms. The smallest absolute Gasteiger partial charge is 0.462 e. The minimum absolute atomic E-state index is 0.0591. The van der Waals surface area contributed by atoms with Gasteiger partial charge in [-0.3, -0.25) is 18.6 Å². The summed E-state index contributed by atoms with van der Waals surface area (Å²) in [5.74, 6) is -0.791. The highest BCUT2D eigenvalue weighted by Gasteiger charge is 2.26. The predicted molar refractivity (Wildman–Crippen MR) is 437 cm³/mol.